The van der Waals surface area contributed by atoms with Gasteiger partial charge in [0.15, 0.2) is 0 Å². The van der Waals surface area contributed by atoms with Gasteiger partial charge in [0.25, 0.3) is 0 Å². The summed E-state index contributed by atoms with van der Waals surface area (Å²) < 4.78 is 11.2. The first kappa shape index (κ1) is 16.6. The van der Waals surface area contributed by atoms with Gasteiger partial charge in [-0.1, -0.05) is 23.4 Å². The first-order valence-corrected chi connectivity index (χ1v) is 9.47. The van der Waals surface area contributed by atoms with Gasteiger partial charge in [0.05, 0.1) is 14.2 Å². The third kappa shape index (κ3) is 2.94. The Morgan fingerprint density at radius 3 is 2.48 bits per heavy atom. The maximum Gasteiger partial charge on any atom is 0.127 e. The summed E-state index contributed by atoms with van der Waals surface area (Å²) in [6.07, 6.45) is 2.22. The monoisotopic (exact) mass is 353 g/mol. The van der Waals surface area contributed by atoms with Crippen LogP contribution in [0.4, 0.5) is 0 Å². The van der Waals surface area contributed by atoms with Crippen molar-refractivity contribution < 1.29 is 9.47 Å². The molecule has 2 aliphatic rings. The molecule has 0 bridgehead atoms. The van der Waals surface area contributed by atoms with Gasteiger partial charge in [0, 0.05) is 28.4 Å². The van der Waals surface area contributed by atoms with E-state index in [2.05, 4.69) is 48.3 Å². The number of ether oxygens (including phenoxy) is 2. The van der Waals surface area contributed by atoms with Crippen molar-refractivity contribution in [2.45, 2.75) is 22.6 Å². The average Bonchev–Trinajstić information content (AvgIpc) is 2.66. The molecule has 1 saturated heterocycles. The molecule has 1 fully saturated rings. The Hall–Kier alpha value is -1.91. The average molecular weight is 353 g/mol. The predicted octanol–water partition coefficient (Wildman–Crippen LogP) is 4.70. The number of methoxy groups -OCH3 is 2. The number of hydrogen-bond acceptors (Lipinski definition) is 4. The van der Waals surface area contributed by atoms with E-state index in [1.165, 1.54) is 32.1 Å². The van der Waals surface area contributed by atoms with Gasteiger partial charge in [-0.05, 0) is 61.4 Å². The van der Waals surface area contributed by atoms with E-state index in [9.17, 15) is 0 Å². The van der Waals surface area contributed by atoms with Crippen molar-refractivity contribution in [1.82, 2.24) is 4.90 Å². The predicted molar refractivity (Wildman–Crippen MR) is 103 cm³/mol. The summed E-state index contributed by atoms with van der Waals surface area (Å²) in [6, 6.07) is 12.8. The highest BCUT2D eigenvalue weighted by atomic mass is 32.2. The van der Waals surface area contributed by atoms with Crippen LogP contribution in [0.15, 0.2) is 51.8 Å². The van der Waals surface area contributed by atoms with Gasteiger partial charge in [-0.15, -0.1) is 0 Å². The molecule has 4 rings (SSSR count). The molecule has 2 aliphatic heterocycles. The van der Waals surface area contributed by atoms with E-state index in [0.29, 0.717) is 0 Å². The highest BCUT2D eigenvalue weighted by Crippen LogP contribution is 2.51. The number of rotatable bonds is 2. The minimum Gasteiger partial charge on any atom is -0.497 e. The van der Waals surface area contributed by atoms with Crippen molar-refractivity contribution in [2.24, 2.45) is 0 Å². The fourth-order valence-corrected chi connectivity index (χ4v) is 4.84. The lowest BCUT2D eigenvalue weighted by atomic mass is 9.87. The number of nitrogens with zero attached hydrogens (tertiary/aromatic N) is 1. The van der Waals surface area contributed by atoms with Crippen molar-refractivity contribution in [3.05, 3.63) is 53.1 Å². The largest absolute Gasteiger partial charge is 0.497 e. The Morgan fingerprint density at radius 1 is 0.960 bits per heavy atom. The van der Waals surface area contributed by atoms with Crippen LogP contribution < -0.4 is 9.47 Å². The van der Waals surface area contributed by atoms with Gasteiger partial charge in [0.2, 0.25) is 0 Å². The molecule has 0 radical (unpaired) electrons. The lowest BCUT2D eigenvalue weighted by Gasteiger charge is -2.31. The van der Waals surface area contributed by atoms with E-state index >= 15 is 0 Å². The molecule has 0 amide bonds. The number of benzene rings is 2. The van der Waals surface area contributed by atoms with Gasteiger partial charge in [-0.2, -0.15) is 0 Å². The zero-order valence-electron chi connectivity index (χ0n) is 15.0. The normalized spacial score (nSPS) is 17.1. The fourth-order valence-electron chi connectivity index (χ4n) is 3.69. The summed E-state index contributed by atoms with van der Waals surface area (Å²) in [5, 5.41) is 0. The van der Waals surface area contributed by atoms with Gasteiger partial charge < -0.3 is 14.4 Å². The van der Waals surface area contributed by atoms with Crippen LogP contribution in [-0.4, -0.2) is 39.3 Å². The zero-order chi connectivity index (χ0) is 17.4. The SMILES string of the molecule is COc1ccc2c(c1)Sc1cccc(OC)c1C2=C1CCN(C)CC1. The van der Waals surface area contributed by atoms with Gasteiger partial charge in [-0.3, -0.25) is 0 Å². The molecule has 0 saturated carbocycles. The number of likely N-dealkylation sites (tertiary alicyclic amines) is 1. The van der Waals surface area contributed by atoms with Crippen LogP contribution in [0.5, 0.6) is 11.5 Å². The van der Waals surface area contributed by atoms with Crippen molar-refractivity contribution in [2.75, 3.05) is 34.4 Å². The standard InChI is InChI=1S/C21H23NO2S/c1-22-11-9-14(10-12-22)20-16-8-7-15(23-2)13-19(16)25-18-6-4-5-17(24-3)21(18)20/h4-8,13H,9-12H2,1-3H3. The minimum atomic E-state index is 0.908. The van der Waals surface area contributed by atoms with Gasteiger partial charge >= 0.3 is 0 Å². The molecule has 2 aromatic rings. The minimum absolute atomic E-state index is 0.908. The maximum atomic E-state index is 5.73. The Bertz CT molecular complexity index is 834. The number of hydrogen-bond donors (Lipinski definition) is 0. The van der Waals surface area contributed by atoms with Crippen LogP contribution in [-0.2, 0) is 0 Å². The highest BCUT2D eigenvalue weighted by Gasteiger charge is 2.28. The van der Waals surface area contributed by atoms with Crippen LogP contribution in [0.2, 0.25) is 0 Å². The molecule has 0 N–H and O–H groups in total. The molecule has 130 valence electrons. The summed E-state index contributed by atoms with van der Waals surface area (Å²) in [6.45, 7) is 2.23. The molecule has 2 heterocycles. The van der Waals surface area contributed by atoms with Crippen molar-refractivity contribution >= 4 is 17.3 Å². The number of piperidine rings is 1. The molecule has 0 aliphatic carbocycles. The van der Waals surface area contributed by atoms with Crippen LogP contribution >= 0.6 is 11.8 Å². The smallest absolute Gasteiger partial charge is 0.127 e. The number of fused-ring (bicyclic) bond motifs is 2. The van der Waals surface area contributed by atoms with Gasteiger partial charge in [0.1, 0.15) is 11.5 Å². The fraction of sp³-hybridized carbons (Fsp3) is 0.333. The second kappa shape index (κ2) is 6.77. The van der Waals surface area contributed by atoms with Crippen LogP contribution in [0.1, 0.15) is 24.0 Å². The van der Waals surface area contributed by atoms with E-state index in [-0.39, 0.29) is 0 Å². The Kier molecular flexibility index (Phi) is 4.48. The molecular formula is C21H23NO2S. The Morgan fingerprint density at radius 2 is 1.76 bits per heavy atom. The first-order chi connectivity index (χ1) is 12.2. The third-order valence-electron chi connectivity index (χ3n) is 5.08. The second-order valence-corrected chi connectivity index (χ2v) is 7.66. The van der Waals surface area contributed by atoms with E-state index in [1.807, 2.05) is 0 Å². The lowest BCUT2D eigenvalue weighted by Crippen LogP contribution is -2.27. The van der Waals surface area contributed by atoms with Crippen molar-refractivity contribution in [3.8, 4) is 11.5 Å². The topological polar surface area (TPSA) is 21.7 Å². The molecule has 0 aromatic heterocycles. The highest BCUT2D eigenvalue weighted by molar-refractivity contribution is 7.99. The van der Waals surface area contributed by atoms with Crippen LogP contribution in [0.25, 0.3) is 5.57 Å². The molecule has 25 heavy (non-hydrogen) atoms. The summed E-state index contributed by atoms with van der Waals surface area (Å²) >= 11 is 1.81. The summed E-state index contributed by atoms with van der Waals surface area (Å²) in [7, 11) is 5.69. The van der Waals surface area contributed by atoms with E-state index < -0.39 is 0 Å². The van der Waals surface area contributed by atoms with Gasteiger partial charge in [-0.25, -0.2) is 0 Å². The summed E-state index contributed by atoms with van der Waals surface area (Å²) in [5.74, 6) is 1.87. The molecule has 0 unspecified atom stereocenters. The van der Waals surface area contributed by atoms with E-state index in [4.69, 9.17) is 9.47 Å². The second-order valence-electron chi connectivity index (χ2n) is 6.58. The zero-order valence-corrected chi connectivity index (χ0v) is 15.8. The van der Waals surface area contributed by atoms with Crippen molar-refractivity contribution in [3.63, 3.8) is 0 Å². The summed E-state index contributed by atoms with van der Waals surface area (Å²) in [4.78, 5) is 4.93. The maximum absolute atomic E-state index is 5.73. The van der Waals surface area contributed by atoms with Crippen LogP contribution in [0.3, 0.4) is 0 Å². The van der Waals surface area contributed by atoms with Crippen molar-refractivity contribution in [1.29, 1.82) is 0 Å². The molecule has 2 aromatic carbocycles. The van der Waals surface area contributed by atoms with Crippen LogP contribution in [0, 0.1) is 0 Å². The summed E-state index contributed by atoms with van der Waals surface area (Å²) in [5.41, 5.74) is 5.47. The van der Waals surface area contributed by atoms with E-state index in [0.717, 1.165) is 37.4 Å². The third-order valence-corrected chi connectivity index (χ3v) is 6.20. The van der Waals surface area contributed by atoms with E-state index in [1.54, 1.807) is 26.0 Å². The molecule has 4 heteroatoms. The molecule has 0 atom stereocenters. The molecule has 0 spiro atoms. The lowest BCUT2D eigenvalue weighted by molar-refractivity contribution is 0.313. The Labute approximate surface area is 153 Å². The molecule has 3 nitrogen and oxygen atoms in total. The Balaban J connectivity index is 1.94. The molecular weight excluding hydrogens is 330 g/mol. The quantitative estimate of drug-likeness (QED) is 0.666. The first-order valence-electron chi connectivity index (χ1n) is 8.65.